The highest BCUT2D eigenvalue weighted by molar-refractivity contribution is 7.89. The van der Waals surface area contributed by atoms with Crippen LogP contribution in [0.15, 0.2) is 11.0 Å². The standard InChI is InChI=1S/C13H19Cl2NO2S2/c1-9-4-5-16(8-13(2,3)7-9)20(17,18)10-6-11(14)19-12(10)15/h6,9H,4-5,7-8H2,1-3H3. The number of hydrogen-bond donors (Lipinski definition) is 0. The van der Waals surface area contributed by atoms with E-state index < -0.39 is 10.0 Å². The predicted octanol–water partition coefficient (Wildman–Crippen LogP) is 4.50. The molecule has 1 unspecified atom stereocenters. The Bertz CT molecular complexity index is 596. The largest absolute Gasteiger partial charge is 0.245 e. The summed E-state index contributed by atoms with van der Waals surface area (Å²) < 4.78 is 27.7. The second-order valence-corrected chi connectivity index (χ2v) is 10.5. The molecule has 0 saturated carbocycles. The molecule has 3 nitrogen and oxygen atoms in total. The van der Waals surface area contributed by atoms with Gasteiger partial charge in [0.1, 0.15) is 9.23 Å². The molecule has 1 atom stereocenters. The molecule has 20 heavy (non-hydrogen) atoms. The van der Waals surface area contributed by atoms with Crippen molar-refractivity contribution < 1.29 is 8.42 Å². The van der Waals surface area contributed by atoms with Gasteiger partial charge in [-0.05, 0) is 30.2 Å². The lowest BCUT2D eigenvalue weighted by Gasteiger charge is -2.29. The molecule has 2 rings (SSSR count). The summed E-state index contributed by atoms with van der Waals surface area (Å²) >= 11 is 13.0. The minimum atomic E-state index is -3.56. The van der Waals surface area contributed by atoms with E-state index in [1.165, 1.54) is 6.07 Å². The lowest BCUT2D eigenvalue weighted by Crippen LogP contribution is -2.37. The molecule has 1 aliphatic rings. The van der Waals surface area contributed by atoms with E-state index >= 15 is 0 Å². The lowest BCUT2D eigenvalue weighted by atomic mass is 9.84. The maximum atomic E-state index is 12.8. The van der Waals surface area contributed by atoms with Crippen LogP contribution in [0.5, 0.6) is 0 Å². The van der Waals surface area contributed by atoms with E-state index in [0.717, 1.165) is 24.2 Å². The van der Waals surface area contributed by atoms with E-state index in [1.807, 2.05) is 0 Å². The number of hydrogen-bond acceptors (Lipinski definition) is 3. The second kappa shape index (κ2) is 5.76. The van der Waals surface area contributed by atoms with Gasteiger partial charge in [-0.2, -0.15) is 4.31 Å². The van der Waals surface area contributed by atoms with Crippen molar-refractivity contribution >= 4 is 44.6 Å². The first-order valence-electron chi connectivity index (χ1n) is 6.57. The van der Waals surface area contributed by atoms with Crippen molar-refractivity contribution in [3.63, 3.8) is 0 Å². The molecule has 7 heteroatoms. The summed E-state index contributed by atoms with van der Waals surface area (Å²) in [6, 6.07) is 1.45. The van der Waals surface area contributed by atoms with E-state index in [9.17, 15) is 8.42 Å². The van der Waals surface area contributed by atoms with Crippen molar-refractivity contribution in [1.29, 1.82) is 0 Å². The molecule has 1 aromatic rings. The van der Waals surface area contributed by atoms with Crippen molar-refractivity contribution in [2.45, 2.75) is 38.5 Å². The van der Waals surface area contributed by atoms with Gasteiger partial charge in [0, 0.05) is 13.1 Å². The van der Waals surface area contributed by atoms with E-state index in [-0.39, 0.29) is 14.6 Å². The summed E-state index contributed by atoms with van der Waals surface area (Å²) in [5.41, 5.74) is -0.0325. The molecule has 1 saturated heterocycles. The Hall–Kier alpha value is 0.190. The van der Waals surface area contributed by atoms with Crippen LogP contribution in [0, 0.1) is 11.3 Å². The van der Waals surface area contributed by atoms with Gasteiger partial charge in [-0.3, -0.25) is 0 Å². The summed E-state index contributed by atoms with van der Waals surface area (Å²) in [7, 11) is -3.56. The fourth-order valence-electron chi connectivity index (χ4n) is 2.88. The highest BCUT2D eigenvalue weighted by atomic mass is 35.5. The summed E-state index contributed by atoms with van der Waals surface area (Å²) in [6.45, 7) is 7.45. The first-order valence-corrected chi connectivity index (χ1v) is 9.58. The smallest absolute Gasteiger partial charge is 0.207 e. The summed E-state index contributed by atoms with van der Waals surface area (Å²) in [5.74, 6) is 0.520. The van der Waals surface area contributed by atoms with Crippen LogP contribution >= 0.6 is 34.5 Å². The zero-order chi connectivity index (χ0) is 15.1. The predicted molar refractivity (Wildman–Crippen MR) is 85.3 cm³/mol. The molecule has 0 bridgehead atoms. The van der Waals surface area contributed by atoms with E-state index in [4.69, 9.17) is 23.2 Å². The number of rotatable bonds is 2. The molecule has 1 aromatic heterocycles. The van der Waals surface area contributed by atoms with Gasteiger partial charge in [0.25, 0.3) is 0 Å². The van der Waals surface area contributed by atoms with Crippen LogP contribution in [0.1, 0.15) is 33.6 Å². The molecule has 1 fully saturated rings. The maximum absolute atomic E-state index is 12.8. The van der Waals surface area contributed by atoms with E-state index in [1.54, 1.807) is 4.31 Å². The molecular weight excluding hydrogens is 337 g/mol. The van der Waals surface area contributed by atoms with Crippen molar-refractivity contribution in [2.24, 2.45) is 11.3 Å². The van der Waals surface area contributed by atoms with Crippen LogP contribution in [0.25, 0.3) is 0 Å². The van der Waals surface area contributed by atoms with Gasteiger partial charge < -0.3 is 0 Å². The van der Waals surface area contributed by atoms with Crippen LogP contribution in [-0.2, 0) is 10.0 Å². The van der Waals surface area contributed by atoms with Crippen LogP contribution < -0.4 is 0 Å². The molecule has 0 N–H and O–H groups in total. The highest BCUT2D eigenvalue weighted by Gasteiger charge is 2.36. The Labute approximate surface area is 134 Å². The van der Waals surface area contributed by atoms with Crippen molar-refractivity contribution in [3.8, 4) is 0 Å². The van der Waals surface area contributed by atoms with Gasteiger partial charge in [0.15, 0.2) is 0 Å². The molecular formula is C13H19Cl2NO2S2. The number of nitrogens with zero attached hydrogens (tertiary/aromatic N) is 1. The van der Waals surface area contributed by atoms with Crippen molar-refractivity contribution in [1.82, 2.24) is 4.31 Å². The van der Waals surface area contributed by atoms with Crippen molar-refractivity contribution in [3.05, 3.63) is 14.7 Å². The monoisotopic (exact) mass is 355 g/mol. The van der Waals surface area contributed by atoms with Crippen LogP contribution in [0.2, 0.25) is 8.67 Å². The first kappa shape index (κ1) is 16.6. The molecule has 0 spiro atoms. The highest BCUT2D eigenvalue weighted by Crippen LogP contribution is 2.39. The third kappa shape index (κ3) is 3.50. The molecule has 114 valence electrons. The van der Waals surface area contributed by atoms with Crippen molar-refractivity contribution in [2.75, 3.05) is 13.1 Å². The Morgan fingerprint density at radius 3 is 2.60 bits per heavy atom. The zero-order valence-corrected chi connectivity index (χ0v) is 15.0. The minimum absolute atomic E-state index is 0.0325. The Balaban J connectivity index is 2.36. The van der Waals surface area contributed by atoms with Gasteiger partial charge in [-0.25, -0.2) is 8.42 Å². The molecule has 0 aromatic carbocycles. The molecule has 0 amide bonds. The molecule has 0 aliphatic carbocycles. The Kier molecular flexibility index (Phi) is 4.77. The summed E-state index contributed by atoms with van der Waals surface area (Å²) in [4.78, 5) is 0.138. The van der Waals surface area contributed by atoms with Gasteiger partial charge in [0.2, 0.25) is 10.0 Å². The third-order valence-corrected chi connectivity index (χ3v) is 7.22. The van der Waals surface area contributed by atoms with E-state index in [0.29, 0.717) is 23.3 Å². The van der Waals surface area contributed by atoms with Gasteiger partial charge in [-0.15, -0.1) is 11.3 Å². The lowest BCUT2D eigenvalue weighted by molar-refractivity contribution is 0.257. The second-order valence-electron chi connectivity index (χ2n) is 6.29. The topological polar surface area (TPSA) is 37.4 Å². The van der Waals surface area contributed by atoms with Gasteiger partial charge in [-0.1, -0.05) is 44.0 Å². The fraction of sp³-hybridized carbons (Fsp3) is 0.692. The average Bonchev–Trinajstić information content (AvgIpc) is 2.55. The normalized spacial score (nSPS) is 24.6. The molecule has 0 radical (unpaired) electrons. The maximum Gasteiger partial charge on any atom is 0.245 e. The number of halogens is 2. The van der Waals surface area contributed by atoms with Crippen LogP contribution in [0.3, 0.4) is 0 Å². The molecule has 1 aliphatic heterocycles. The SMILES string of the molecule is CC1CCN(S(=O)(=O)c2cc(Cl)sc2Cl)CC(C)(C)C1. The number of thiophene rings is 1. The first-order chi connectivity index (χ1) is 9.12. The van der Waals surface area contributed by atoms with Gasteiger partial charge in [0.05, 0.1) is 4.34 Å². The zero-order valence-electron chi connectivity index (χ0n) is 11.8. The Morgan fingerprint density at radius 1 is 1.40 bits per heavy atom. The number of sulfonamides is 1. The minimum Gasteiger partial charge on any atom is -0.207 e. The van der Waals surface area contributed by atoms with Gasteiger partial charge >= 0.3 is 0 Å². The Morgan fingerprint density at radius 2 is 2.05 bits per heavy atom. The van der Waals surface area contributed by atoms with E-state index in [2.05, 4.69) is 20.8 Å². The fourth-order valence-corrected chi connectivity index (χ4v) is 6.63. The summed E-state index contributed by atoms with van der Waals surface area (Å²) in [6.07, 6.45) is 1.90. The average molecular weight is 356 g/mol. The molecule has 2 heterocycles. The quantitative estimate of drug-likeness (QED) is 0.782. The summed E-state index contributed by atoms with van der Waals surface area (Å²) in [5, 5.41) is 0. The van der Waals surface area contributed by atoms with Crippen LogP contribution in [-0.4, -0.2) is 25.8 Å². The van der Waals surface area contributed by atoms with Crippen LogP contribution in [0.4, 0.5) is 0 Å². The third-order valence-electron chi connectivity index (χ3n) is 3.62.